The predicted molar refractivity (Wildman–Crippen MR) is 84.5 cm³/mol. The first-order valence-electron chi connectivity index (χ1n) is 8.32. The summed E-state index contributed by atoms with van der Waals surface area (Å²) in [6.45, 7) is 5.10. The van der Waals surface area contributed by atoms with Crippen LogP contribution in [-0.4, -0.2) is 49.5 Å². The van der Waals surface area contributed by atoms with Gasteiger partial charge in [-0.3, -0.25) is 9.59 Å². The molecule has 0 aromatic rings. The van der Waals surface area contributed by atoms with E-state index >= 15 is 0 Å². The van der Waals surface area contributed by atoms with Crippen LogP contribution in [0, 0.1) is 0 Å². The Labute approximate surface area is 133 Å². The summed E-state index contributed by atoms with van der Waals surface area (Å²) in [6.07, 6.45) is 5.43. The minimum absolute atomic E-state index is 0.108. The Morgan fingerprint density at radius 1 is 1.00 bits per heavy atom. The molecule has 0 aromatic carbocycles. The van der Waals surface area contributed by atoms with Crippen LogP contribution < -0.4 is 5.32 Å². The number of hydrogen-bond acceptors (Lipinski definition) is 6. The van der Waals surface area contributed by atoms with E-state index in [1.165, 1.54) is 0 Å². The molecule has 1 atom stereocenters. The third-order valence-electron chi connectivity index (χ3n) is 3.23. The molecule has 2 N–H and O–H groups in total. The average molecular weight is 317 g/mol. The quantitative estimate of drug-likeness (QED) is 0.375. The molecule has 6 heteroatoms. The molecule has 0 bridgehead atoms. The Morgan fingerprint density at radius 2 is 1.68 bits per heavy atom. The zero-order chi connectivity index (χ0) is 16.6. The molecule has 6 nitrogen and oxygen atoms in total. The maximum absolute atomic E-state index is 11.8. The SMILES string of the molecule is CCOC(=O)CCCCCCC(NCCCO)C(=O)OCC. The first kappa shape index (κ1) is 20.9. The van der Waals surface area contributed by atoms with Gasteiger partial charge in [0.1, 0.15) is 6.04 Å². The molecular weight excluding hydrogens is 286 g/mol. The molecule has 0 radical (unpaired) electrons. The van der Waals surface area contributed by atoms with Crippen molar-refractivity contribution in [3.8, 4) is 0 Å². The lowest BCUT2D eigenvalue weighted by Gasteiger charge is -2.17. The normalized spacial score (nSPS) is 12.0. The smallest absolute Gasteiger partial charge is 0.323 e. The summed E-state index contributed by atoms with van der Waals surface area (Å²) in [5.41, 5.74) is 0. The molecule has 0 amide bonds. The minimum atomic E-state index is -0.309. The lowest BCUT2D eigenvalue weighted by molar-refractivity contribution is -0.146. The summed E-state index contributed by atoms with van der Waals surface area (Å²) in [5.74, 6) is -0.371. The van der Waals surface area contributed by atoms with Crippen molar-refractivity contribution >= 4 is 11.9 Å². The molecule has 0 aliphatic carbocycles. The molecule has 1 unspecified atom stereocenters. The van der Waals surface area contributed by atoms with E-state index in [-0.39, 0.29) is 24.6 Å². The van der Waals surface area contributed by atoms with Crippen molar-refractivity contribution in [1.29, 1.82) is 0 Å². The Bertz CT molecular complexity index is 296. The number of unbranched alkanes of at least 4 members (excludes halogenated alkanes) is 3. The van der Waals surface area contributed by atoms with Crippen molar-refractivity contribution in [3.05, 3.63) is 0 Å². The van der Waals surface area contributed by atoms with Crippen LogP contribution in [0.1, 0.15) is 58.8 Å². The first-order chi connectivity index (χ1) is 10.7. The fourth-order valence-electron chi connectivity index (χ4n) is 2.11. The number of rotatable bonds is 14. The molecule has 0 saturated heterocycles. The van der Waals surface area contributed by atoms with Gasteiger partial charge < -0.3 is 19.9 Å². The minimum Gasteiger partial charge on any atom is -0.466 e. The third kappa shape index (κ3) is 11.5. The van der Waals surface area contributed by atoms with Crippen molar-refractivity contribution in [3.63, 3.8) is 0 Å². The topological polar surface area (TPSA) is 84.9 Å². The number of aliphatic hydroxyl groups is 1. The van der Waals surface area contributed by atoms with E-state index in [1.807, 2.05) is 0 Å². The fraction of sp³-hybridized carbons (Fsp3) is 0.875. The highest BCUT2D eigenvalue weighted by atomic mass is 16.5. The lowest BCUT2D eigenvalue weighted by atomic mass is 10.1. The van der Waals surface area contributed by atoms with Crippen molar-refractivity contribution in [2.24, 2.45) is 0 Å². The first-order valence-corrected chi connectivity index (χ1v) is 8.32. The number of esters is 2. The van der Waals surface area contributed by atoms with E-state index in [1.54, 1.807) is 13.8 Å². The number of ether oxygens (including phenoxy) is 2. The highest BCUT2D eigenvalue weighted by Crippen LogP contribution is 2.09. The zero-order valence-corrected chi connectivity index (χ0v) is 13.9. The zero-order valence-electron chi connectivity index (χ0n) is 13.9. The second-order valence-corrected chi connectivity index (χ2v) is 5.09. The van der Waals surface area contributed by atoms with Gasteiger partial charge >= 0.3 is 11.9 Å². The van der Waals surface area contributed by atoms with Crippen molar-refractivity contribution in [1.82, 2.24) is 5.32 Å². The lowest BCUT2D eigenvalue weighted by Crippen LogP contribution is -2.38. The van der Waals surface area contributed by atoms with Gasteiger partial charge in [0.2, 0.25) is 0 Å². The van der Waals surface area contributed by atoms with Crippen LogP contribution in [0.5, 0.6) is 0 Å². The highest BCUT2D eigenvalue weighted by Gasteiger charge is 2.18. The molecule has 130 valence electrons. The van der Waals surface area contributed by atoms with Gasteiger partial charge in [0.25, 0.3) is 0 Å². The largest absolute Gasteiger partial charge is 0.466 e. The monoisotopic (exact) mass is 317 g/mol. The summed E-state index contributed by atoms with van der Waals surface area (Å²) in [5, 5.41) is 11.9. The third-order valence-corrected chi connectivity index (χ3v) is 3.23. The Morgan fingerprint density at radius 3 is 2.32 bits per heavy atom. The van der Waals surface area contributed by atoms with Gasteiger partial charge in [-0.05, 0) is 39.7 Å². The molecule has 0 fully saturated rings. The van der Waals surface area contributed by atoms with Gasteiger partial charge in [-0.2, -0.15) is 0 Å². The molecule has 0 aliphatic rings. The molecular formula is C16H31NO5. The predicted octanol–water partition coefficient (Wildman–Crippen LogP) is 1.79. The molecule has 0 saturated carbocycles. The van der Waals surface area contributed by atoms with Gasteiger partial charge in [-0.25, -0.2) is 0 Å². The molecule has 0 aliphatic heterocycles. The molecule has 0 spiro atoms. The number of nitrogens with one attached hydrogen (secondary N) is 1. The molecule has 0 aromatic heterocycles. The maximum Gasteiger partial charge on any atom is 0.323 e. The standard InChI is InChI=1S/C16H31NO5/c1-3-21-15(19)11-8-6-5-7-10-14(16(20)22-4-2)17-12-9-13-18/h14,17-18H,3-13H2,1-2H3. The van der Waals surface area contributed by atoms with Crippen LogP contribution in [0.15, 0.2) is 0 Å². The van der Waals surface area contributed by atoms with E-state index < -0.39 is 0 Å². The van der Waals surface area contributed by atoms with E-state index in [0.717, 1.165) is 25.7 Å². The molecule has 0 rings (SSSR count). The van der Waals surface area contributed by atoms with Crippen molar-refractivity contribution in [2.45, 2.75) is 64.8 Å². The maximum atomic E-state index is 11.8. The van der Waals surface area contributed by atoms with Crippen molar-refractivity contribution < 1.29 is 24.2 Å². The van der Waals surface area contributed by atoms with Crippen LogP contribution in [0.25, 0.3) is 0 Å². The van der Waals surface area contributed by atoms with Gasteiger partial charge in [0.15, 0.2) is 0 Å². The summed E-state index contributed by atoms with van der Waals surface area (Å²) in [7, 11) is 0. The van der Waals surface area contributed by atoms with Crippen LogP contribution in [0.4, 0.5) is 0 Å². The number of aliphatic hydroxyl groups excluding tert-OH is 1. The van der Waals surface area contributed by atoms with E-state index in [9.17, 15) is 9.59 Å². The van der Waals surface area contributed by atoms with Gasteiger partial charge in [-0.1, -0.05) is 19.3 Å². The van der Waals surface area contributed by atoms with E-state index in [4.69, 9.17) is 14.6 Å². The van der Waals surface area contributed by atoms with Gasteiger partial charge in [-0.15, -0.1) is 0 Å². The molecule has 0 heterocycles. The van der Waals surface area contributed by atoms with Crippen LogP contribution >= 0.6 is 0 Å². The molecule has 22 heavy (non-hydrogen) atoms. The Hall–Kier alpha value is -1.14. The summed E-state index contributed by atoms with van der Waals surface area (Å²) >= 11 is 0. The van der Waals surface area contributed by atoms with Crippen LogP contribution in [0.2, 0.25) is 0 Å². The van der Waals surface area contributed by atoms with Gasteiger partial charge in [0.05, 0.1) is 13.2 Å². The number of carbonyl (C=O) groups excluding carboxylic acids is 2. The second kappa shape index (κ2) is 14.8. The number of hydrogen-bond donors (Lipinski definition) is 2. The average Bonchev–Trinajstić information content (AvgIpc) is 2.49. The summed E-state index contributed by atoms with van der Waals surface area (Å²) in [4.78, 5) is 23.0. The Balaban J connectivity index is 3.82. The Kier molecular flexibility index (Phi) is 14.0. The van der Waals surface area contributed by atoms with Gasteiger partial charge in [0, 0.05) is 13.0 Å². The van der Waals surface area contributed by atoms with Crippen LogP contribution in [-0.2, 0) is 19.1 Å². The number of carbonyl (C=O) groups is 2. The van der Waals surface area contributed by atoms with E-state index in [2.05, 4.69) is 5.32 Å². The van der Waals surface area contributed by atoms with E-state index in [0.29, 0.717) is 39.0 Å². The fourth-order valence-corrected chi connectivity index (χ4v) is 2.11. The highest BCUT2D eigenvalue weighted by molar-refractivity contribution is 5.75. The second-order valence-electron chi connectivity index (χ2n) is 5.09. The summed E-state index contributed by atoms with van der Waals surface area (Å²) in [6, 6.07) is -0.309. The summed E-state index contributed by atoms with van der Waals surface area (Å²) < 4.78 is 9.92. The van der Waals surface area contributed by atoms with Crippen molar-refractivity contribution in [2.75, 3.05) is 26.4 Å². The van der Waals surface area contributed by atoms with Crippen LogP contribution in [0.3, 0.4) is 0 Å².